The van der Waals surface area contributed by atoms with E-state index in [0.717, 1.165) is 23.4 Å². The van der Waals surface area contributed by atoms with Crippen LogP contribution in [-0.2, 0) is 4.79 Å². The lowest BCUT2D eigenvalue weighted by molar-refractivity contribution is -0.120. The van der Waals surface area contributed by atoms with Crippen molar-refractivity contribution in [3.8, 4) is 0 Å². The minimum absolute atomic E-state index is 0.0528. The van der Waals surface area contributed by atoms with Gasteiger partial charge in [0, 0.05) is 36.5 Å². The summed E-state index contributed by atoms with van der Waals surface area (Å²) in [5, 5.41) is 15.1. The van der Waals surface area contributed by atoms with Crippen molar-refractivity contribution in [1.82, 2.24) is 10.6 Å². The summed E-state index contributed by atoms with van der Waals surface area (Å²) in [4.78, 5) is 13.0. The third-order valence-corrected chi connectivity index (χ3v) is 5.63. The molecule has 1 saturated heterocycles. The molecule has 0 saturated carbocycles. The predicted octanol–water partition coefficient (Wildman–Crippen LogP) is 2.49. The zero-order valence-corrected chi connectivity index (χ0v) is 14.8. The van der Waals surface area contributed by atoms with Gasteiger partial charge in [-0.3, -0.25) is 4.79 Å². The normalized spacial score (nSPS) is 20.7. The smallest absolute Gasteiger partial charge is 0.238 e. The molecule has 0 aromatic heterocycles. The highest BCUT2D eigenvalue weighted by Crippen LogP contribution is 2.37. The molecule has 3 rings (SSSR count). The molecule has 0 radical (unpaired) electrons. The van der Waals surface area contributed by atoms with Gasteiger partial charge in [-0.25, -0.2) is 8.78 Å². The van der Waals surface area contributed by atoms with E-state index in [1.54, 1.807) is 12.1 Å². The van der Waals surface area contributed by atoms with Crippen molar-refractivity contribution >= 4 is 17.7 Å². The Morgan fingerprint density at radius 3 is 2.65 bits per heavy atom. The van der Waals surface area contributed by atoms with E-state index in [1.807, 2.05) is 18.2 Å². The molecule has 2 aromatic carbocycles. The maximum absolute atomic E-state index is 14.0. The van der Waals surface area contributed by atoms with Crippen LogP contribution < -0.4 is 10.6 Å². The Labute approximate surface area is 155 Å². The highest BCUT2D eigenvalue weighted by atomic mass is 32.2. The summed E-state index contributed by atoms with van der Waals surface area (Å²) < 4.78 is 27.2. The molecule has 1 amide bonds. The number of amides is 1. The van der Waals surface area contributed by atoms with Crippen molar-refractivity contribution in [2.24, 2.45) is 5.92 Å². The number of hydrogen-bond acceptors (Lipinski definition) is 4. The van der Waals surface area contributed by atoms with Gasteiger partial charge in [-0.1, -0.05) is 30.3 Å². The Bertz CT molecular complexity index is 760. The molecule has 0 spiro atoms. The van der Waals surface area contributed by atoms with Gasteiger partial charge in [-0.05, 0) is 17.7 Å². The molecule has 26 heavy (non-hydrogen) atoms. The minimum atomic E-state index is -0.695. The highest BCUT2D eigenvalue weighted by Gasteiger charge is 2.28. The Hall–Kier alpha value is -1.96. The van der Waals surface area contributed by atoms with Crippen LogP contribution in [0.25, 0.3) is 0 Å². The van der Waals surface area contributed by atoms with Crippen LogP contribution in [0.1, 0.15) is 10.8 Å². The molecule has 0 bridgehead atoms. The second-order valence-electron chi connectivity index (χ2n) is 6.21. The van der Waals surface area contributed by atoms with Crippen molar-refractivity contribution in [1.29, 1.82) is 0 Å². The van der Waals surface area contributed by atoms with Crippen LogP contribution in [0.3, 0.4) is 0 Å². The Morgan fingerprint density at radius 1 is 1.23 bits per heavy atom. The van der Waals surface area contributed by atoms with E-state index in [1.165, 1.54) is 12.1 Å². The van der Waals surface area contributed by atoms with Crippen LogP contribution in [-0.4, -0.2) is 36.8 Å². The predicted molar refractivity (Wildman–Crippen MR) is 96.8 cm³/mol. The first-order valence-corrected chi connectivity index (χ1v) is 9.25. The third kappa shape index (κ3) is 4.60. The average molecular weight is 378 g/mol. The molecular weight excluding hydrogens is 358 g/mol. The number of aliphatic hydroxyl groups is 1. The molecule has 1 fully saturated rings. The van der Waals surface area contributed by atoms with E-state index >= 15 is 0 Å². The fraction of sp³-hybridized carbons (Fsp3) is 0.316. The molecule has 0 aliphatic carbocycles. The van der Waals surface area contributed by atoms with Crippen molar-refractivity contribution in [3.63, 3.8) is 0 Å². The summed E-state index contributed by atoms with van der Waals surface area (Å²) in [6.45, 7) is 1.48. The van der Waals surface area contributed by atoms with Gasteiger partial charge in [0.15, 0.2) is 0 Å². The number of thioether (sulfide) groups is 1. The first-order chi connectivity index (χ1) is 12.5. The molecule has 3 unspecified atom stereocenters. The van der Waals surface area contributed by atoms with Crippen molar-refractivity contribution < 1.29 is 18.7 Å². The van der Waals surface area contributed by atoms with Crippen molar-refractivity contribution in [3.05, 3.63) is 65.7 Å². The fourth-order valence-corrected chi connectivity index (χ4v) is 3.91. The number of carbonyl (C=O) groups is 1. The van der Waals surface area contributed by atoms with Gasteiger partial charge in [0.1, 0.15) is 16.9 Å². The lowest BCUT2D eigenvalue weighted by atomic mass is 10.1. The van der Waals surface area contributed by atoms with Gasteiger partial charge in [0.05, 0.1) is 6.10 Å². The van der Waals surface area contributed by atoms with Crippen LogP contribution in [0, 0.1) is 17.6 Å². The number of carbonyl (C=O) groups excluding carboxylic acids is 1. The van der Waals surface area contributed by atoms with Crippen LogP contribution in [0.2, 0.25) is 0 Å². The Kier molecular flexibility index (Phi) is 6.24. The molecule has 138 valence electrons. The van der Waals surface area contributed by atoms with Gasteiger partial charge < -0.3 is 15.7 Å². The Morgan fingerprint density at radius 2 is 2.00 bits per heavy atom. The van der Waals surface area contributed by atoms with Crippen LogP contribution in [0.4, 0.5) is 8.78 Å². The van der Waals surface area contributed by atoms with Gasteiger partial charge in [0.2, 0.25) is 5.91 Å². The zero-order chi connectivity index (χ0) is 18.5. The highest BCUT2D eigenvalue weighted by molar-refractivity contribution is 8.00. The van der Waals surface area contributed by atoms with Gasteiger partial charge >= 0.3 is 0 Å². The number of rotatable bonds is 6. The second-order valence-corrected chi connectivity index (χ2v) is 7.36. The molecule has 1 heterocycles. The maximum Gasteiger partial charge on any atom is 0.238 e. The lowest BCUT2D eigenvalue weighted by Crippen LogP contribution is -2.36. The summed E-state index contributed by atoms with van der Waals surface area (Å²) in [6, 6.07) is 12.4. The summed E-state index contributed by atoms with van der Waals surface area (Å²) >= 11 is 1.04. The molecule has 4 nitrogen and oxygen atoms in total. The number of benzene rings is 2. The number of β-amino-alcohol motifs (C(OH)–C–C–N with tert-alkyl or cyclic N) is 1. The molecule has 1 aliphatic heterocycles. The van der Waals surface area contributed by atoms with E-state index in [9.17, 15) is 18.7 Å². The standard InChI is InChI=1S/C19H20F2N2O2S/c20-14-6-7-17(15(21)8-14)26-18(12-4-2-1-3-5-12)19(25)23-10-13-9-22-11-16(13)24/h1-8,13,16,18,22,24H,9-11H2,(H,23,25). The second kappa shape index (κ2) is 8.62. The van der Waals surface area contributed by atoms with E-state index in [0.29, 0.717) is 19.6 Å². The molecule has 7 heteroatoms. The lowest BCUT2D eigenvalue weighted by Gasteiger charge is -2.20. The van der Waals surface area contributed by atoms with Crippen LogP contribution >= 0.6 is 11.8 Å². The first-order valence-electron chi connectivity index (χ1n) is 8.37. The topological polar surface area (TPSA) is 61.4 Å². The number of nitrogens with one attached hydrogen (secondary N) is 2. The molecule has 2 aromatic rings. The van der Waals surface area contributed by atoms with Crippen molar-refractivity contribution in [2.45, 2.75) is 16.2 Å². The largest absolute Gasteiger partial charge is 0.391 e. The minimum Gasteiger partial charge on any atom is -0.391 e. The third-order valence-electron chi connectivity index (χ3n) is 4.32. The van der Waals surface area contributed by atoms with Gasteiger partial charge in [0.25, 0.3) is 0 Å². The number of halogens is 2. The summed E-state index contributed by atoms with van der Waals surface area (Å²) in [7, 11) is 0. The quantitative estimate of drug-likeness (QED) is 0.676. The molecular formula is C19H20F2N2O2S. The van der Waals surface area contributed by atoms with Gasteiger partial charge in [-0.15, -0.1) is 11.8 Å². The first kappa shape index (κ1) is 18.8. The Balaban J connectivity index is 1.75. The average Bonchev–Trinajstić information content (AvgIpc) is 3.05. The monoisotopic (exact) mass is 378 g/mol. The number of aliphatic hydroxyl groups excluding tert-OH is 1. The van der Waals surface area contributed by atoms with E-state index in [-0.39, 0.29) is 16.7 Å². The van der Waals surface area contributed by atoms with Gasteiger partial charge in [-0.2, -0.15) is 0 Å². The summed E-state index contributed by atoms with van der Waals surface area (Å²) in [5.41, 5.74) is 0.726. The molecule has 1 aliphatic rings. The zero-order valence-electron chi connectivity index (χ0n) is 14.0. The number of hydrogen-bond donors (Lipinski definition) is 3. The van der Waals surface area contributed by atoms with Crippen LogP contribution in [0.15, 0.2) is 53.4 Å². The van der Waals surface area contributed by atoms with Crippen LogP contribution in [0.5, 0.6) is 0 Å². The van der Waals surface area contributed by atoms with E-state index < -0.39 is 23.0 Å². The van der Waals surface area contributed by atoms with E-state index in [2.05, 4.69) is 10.6 Å². The van der Waals surface area contributed by atoms with E-state index in [4.69, 9.17) is 0 Å². The fourth-order valence-electron chi connectivity index (χ4n) is 2.85. The molecule has 3 N–H and O–H groups in total. The summed E-state index contributed by atoms with van der Waals surface area (Å²) in [5.74, 6) is -1.68. The maximum atomic E-state index is 14.0. The van der Waals surface area contributed by atoms with Crippen molar-refractivity contribution in [2.75, 3.05) is 19.6 Å². The SMILES string of the molecule is O=C(NCC1CNCC1O)C(Sc1ccc(F)cc1F)c1ccccc1. The molecule has 3 atom stereocenters. The summed E-state index contributed by atoms with van der Waals surface area (Å²) in [6.07, 6.45) is -0.493.